The second-order valence-electron chi connectivity index (χ2n) is 14.5. The topological polar surface area (TPSA) is 147 Å². The molecular formula is C37H55N5O7. The van der Waals surface area contributed by atoms with Crippen molar-refractivity contribution >= 4 is 23.3 Å². The number of aliphatic imine (C=N–C) groups is 1. The third kappa shape index (κ3) is 8.82. The average Bonchev–Trinajstić information content (AvgIpc) is 3.61. The van der Waals surface area contributed by atoms with E-state index in [-0.39, 0.29) is 55.4 Å². The normalized spacial score (nSPS) is 36.8. The van der Waals surface area contributed by atoms with E-state index < -0.39 is 35.2 Å². The molecule has 0 radical (unpaired) electrons. The summed E-state index contributed by atoms with van der Waals surface area (Å²) in [5.41, 5.74) is -0.469. The zero-order chi connectivity index (χ0) is 36.1. The van der Waals surface area contributed by atoms with Crippen molar-refractivity contribution in [3.63, 3.8) is 0 Å². The van der Waals surface area contributed by atoms with Crippen molar-refractivity contribution in [2.75, 3.05) is 13.2 Å². The number of rotatable bonds is 5. The lowest BCUT2D eigenvalue weighted by Gasteiger charge is -2.45. The molecule has 270 valence electrons. The summed E-state index contributed by atoms with van der Waals surface area (Å²) in [5.74, 6) is -1.22. The van der Waals surface area contributed by atoms with E-state index in [1.165, 1.54) is 6.92 Å². The van der Waals surface area contributed by atoms with E-state index >= 15 is 0 Å². The fourth-order valence-electron chi connectivity index (χ4n) is 7.40. The number of oxime groups is 1. The van der Waals surface area contributed by atoms with Gasteiger partial charge < -0.3 is 24.2 Å². The van der Waals surface area contributed by atoms with Crippen molar-refractivity contribution in [2.45, 2.75) is 112 Å². The molecule has 2 aromatic rings. The zero-order valence-corrected chi connectivity index (χ0v) is 30.8. The van der Waals surface area contributed by atoms with Crippen LogP contribution in [0.1, 0.15) is 87.6 Å². The van der Waals surface area contributed by atoms with Crippen LogP contribution in [0, 0.1) is 35.5 Å². The van der Waals surface area contributed by atoms with Gasteiger partial charge in [0, 0.05) is 42.7 Å². The van der Waals surface area contributed by atoms with Crippen molar-refractivity contribution in [1.29, 1.82) is 0 Å². The molecule has 12 nitrogen and oxygen atoms in total. The quantitative estimate of drug-likeness (QED) is 0.315. The van der Waals surface area contributed by atoms with Crippen molar-refractivity contribution in [3.8, 4) is 5.82 Å². The number of cyclic esters (lactones) is 1. The number of fused-ring (bicyclic) bond motifs is 5. The molecule has 2 aromatic heterocycles. The van der Waals surface area contributed by atoms with E-state index in [0.717, 1.165) is 5.56 Å². The standard InChI is InChI=1S/C37H55N5O7/c1-11-31-37(10,45)34-26(6)33(40-28(8)43)22(2)17-36(9,27(7)24(4)23(3)25(5)35(44)49-31)47-21-30(20-46-34)41-48-19-29-13-14-32(38-18-29)42-16-12-15-39-42/h12-16,18,22-27,31,34,45H,11,17,19-21H2,1-10H3/b40-33+,41-30+/t22-,23+,24+,25-,26+,27-,31-,34-,36-,37-/m1/s1. The molecule has 1 N–H and O–H groups in total. The van der Waals surface area contributed by atoms with E-state index in [1.54, 1.807) is 24.0 Å². The molecule has 12 heteroatoms. The lowest BCUT2D eigenvalue weighted by atomic mass is 9.68. The number of esters is 1. The molecule has 0 unspecified atom stereocenters. The molecule has 2 saturated heterocycles. The highest BCUT2D eigenvalue weighted by molar-refractivity contribution is 5.98. The number of hydrogen-bond acceptors (Lipinski definition) is 10. The molecule has 1 amide bonds. The van der Waals surface area contributed by atoms with Crippen LogP contribution in [0.4, 0.5) is 0 Å². The molecule has 49 heavy (non-hydrogen) atoms. The van der Waals surface area contributed by atoms with E-state index in [1.807, 2.05) is 52.1 Å². The molecular weight excluding hydrogens is 626 g/mol. The third-order valence-corrected chi connectivity index (χ3v) is 11.0. The lowest BCUT2D eigenvalue weighted by Crippen LogP contribution is -2.57. The molecule has 2 aliphatic rings. The minimum absolute atomic E-state index is 0.0267. The Bertz CT molecular complexity index is 1470. The number of carbonyl (C=O) groups is 2. The second kappa shape index (κ2) is 16.0. The van der Waals surface area contributed by atoms with Crippen LogP contribution in [0.2, 0.25) is 0 Å². The van der Waals surface area contributed by atoms with Crippen molar-refractivity contribution in [2.24, 2.45) is 45.7 Å². The summed E-state index contributed by atoms with van der Waals surface area (Å²) in [4.78, 5) is 41.0. The van der Waals surface area contributed by atoms with Crippen molar-refractivity contribution < 1.29 is 33.7 Å². The Kier molecular flexibility index (Phi) is 12.5. The van der Waals surface area contributed by atoms with Gasteiger partial charge in [0.15, 0.2) is 5.82 Å². The van der Waals surface area contributed by atoms with Gasteiger partial charge in [0.2, 0.25) is 5.91 Å². The molecule has 0 aliphatic carbocycles. The summed E-state index contributed by atoms with van der Waals surface area (Å²) in [6.07, 6.45) is 4.31. The molecule has 4 heterocycles. The highest BCUT2D eigenvalue weighted by Gasteiger charge is 2.50. The van der Waals surface area contributed by atoms with Gasteiger partial charge in [-0.15, -0.1) is 0 Å². The Hall–Kier alpha value is -3.48. The van der Waals surface area contributed by atoms with Crippen LogP contribution in [-0.4, -0.2) is 79.8 Å². The predicted molar refractivity (Wildman–Crippen MR) is 186 cm³/mol. The largest absolute Gasteiger partial charge is 0.459 e. The summed E-state index contributed by atoms with van der Waals surface area (Å²) in [6.45, 7) is 19.4. The predicted octanol–water partition coefficient (Wildman–Crippen LogP) is 5.59. The first-order valence-electron chi connectivity index (χ1n) is 17.5. The first-order valence-corrected chi connectivity index (χ1v) is 17.5. The molecule has 2 aliphatic heterocycles. The first kappa shape index (κ1) is 38.3. The summed E-state index contributed by atoms with van der Waals surface area (Å²) in [5, 5.41) is 21.0. The maximum atomic E-state index is 13.6. The molecule has 10 atom stereocenters. The van der Waals surface area contributed by atoms with Gasteiger partial charge >= 0.3 is 5.97 Å². The van der Waals surface area contributed by atoms with Crippen LogP contribution in [0.25, 0.3) is 5.82 Å². The Balaban J connectivity index is 1.77. The van der Waals surface area contributed by atoms with E-state index in [2.05, 4.69) is 47.9 Å². The number of nitrogens with zero attached hydrogens (tertiary/aromatic N) is 5. The molecule has 2 bridgehead atoms. The Morgan fingerprint density at radius 1 is 1.10 bits per heavy atom. The molecule has 2 fully saturated rings. The van der Waals surface area contributed by atoms with Gasteiger partial charge in [-0.1, -0.05) is 59.7 Å². The van der Waals surface area contributed by atoms with Gasteiger partial charge in [-0.25, -0.2) is 14.7 Å². The van der Waals surface area contributed by atoms with Gasteiger partial charge in [0.05, 0.1) is 30.8 Å². The van der Waals surface area contributed by atoms with Crippen LogP contribution in [0.15, 0.2) is 46.9 Å². The fourth-order valence-corrected chi connectivity index (χ4v) is 7.40. The fraction of sp³-hybridized carbons (Fsp3) is 0.676. The van der Waals surface area contributed by atoms with Crippen LogP contribution in [0.5, 0.6) is 0 Å². The summed E-state index contributed by atoms with van der Waals surface area (Å²) in [7, 11) is 0. The molecule has 0 aromatic carbocycles. The minimum Gasteiger partial charge on any atom is -0.459 e. The number of pyridine rings is 1. The van der Waals surface area contributed by atoms with E-state index in [0.29, 0.717) is 30.1 Å². The maximum Gasteiger partial charge on any atom is 0.309 e. The van der Waals surface area contributed by atoms with Crippen LogP contribution in [0.3, 0.4) is 0 Å². The second-order valence-corrected chi connectivity index (χ2v) is 14.5. The Morgan fingerprint density at radius 3 is 2.45 bits per heavy atom. The zero-order valence-electron chi connectivity index (χ0n) is 30.8. The van der Waals surface area contributed by atoms with Gasteiger partial charge in [-0.3, -0.25) is 9.59 Å². The molecule has 4 rings (SSSR count). The summed E-state index contributed by atoms with van der Waals surface area (Å²) >= 11 is 0. The summed E-state index contributed by atoms with van der Waals surface area (Å²) < 4.78 is 21.1. The van der Waals surface area contributed by atoms with E-state index in [4.69, 9.17) is 19.0 Å². The highest BCUT2D eigenvalue weighted by Crippen LogP contribution is 2.42. The van der Waals surface area contributed by atoms with Crippen molar-refractivity contribution in [3.05, 3.63) is 42.4 Å². The van der Waals surface area contributed by atoms with Crippen LogP contribution >= 0.6 is 0 Å². The minimum atomic E-state index is -1.65. The van der Waals surface area contributed by atoms with Gasteiger partial charge in [0.25, 0.3) is 0 Å². The van der Waals surface area contributed by atoms with Crippen molar-refractivity contribution in [1.82, 2.24) is 14.8 Å². The average molecular weight is 682 g/mol. The smallest absolute Gasteiger partial charge is 0.309 e. The highest BCUT2D eigenvalue weighted by atomic mass is 16.6. The van der Waals surface area contributed by atoms with Gasteiger partial charge in [-0.05, 0) is 62.5 Å². The lowest BCUT2D eigenvalue weighted by molar-refractivity contribution is -0.193. The van der Waals surface area contributed by atoms with Crippen LogP contribution in [-0.2, 0) is 35.2 Å². The number of aromatic nitrogens is 3. The Morgan fingerprint density at radius 2 is 1.84 bits per heavy atom. The number of hydrogen-bond donors (Lipinski definition) is 1. The monoisotopic (exact) mass is 681 g/mol. The number of ether oxygens (including phenoxy) is 3. The third-order valence-electron chi connectivity index (χ3n) is 11.0. The number of amides is 1. The van der Waals surface area contributed by atoms with Gasteiger partial charge in [0.1, 0.15) is 24.0 Å². The van der Waals surface area contributed by atoms with E-state index in [9.17, 15) is 14.7 Å². The maximum absolute atomic E-state index is 13.6. The Labute approximate surface area is 290 Å². The first-order chi connectivity index (χ1) is 23.1. The molecule has 0 spiro atoms. The molecule has 0 saturated carbocycles. The number of carbonyl (C=O) groups excluding carboxylic acids is 2. The SMILES string of the molecule is CC[C@H]1OC(=O)[C@H](C)[C@@H](C)[C@H](C)[C@@H](C)[C@@]2(C)C[C@@H](C)/C(=N\C(C)=O)[C@H](C)[C@@H](OC/C(=N\OCc3ccc(-n4cccn4)nc3)CO2)[C@]1(C)O. The number of aliphatic hydroxyl groups is 1. The van der Waals surface area contributed by atoms with Crippen LogP contribution < -0.4 is 0 Å². The summed E-state index contributed by atoms with van der Waals surface area (Å²) in [6, 6.07) is 5.59. The van der Waals surface area contributed by atoms with Gasteiger partial charge in [-0.2, -0.15) is 5.10 Å².